The minimum atomic E-state index is -0.331. The van der Waals surface area contributed by atoms with E-state index < -0.39 is 0 Å². The van der Waals surface area contributed by atoms with E-state index >= 15 is 0 Å². The molecule has 0 spiro atoms. The lowest BCUT2D eigenvalue weighted by Gasteiger charge is -2.05. The summed E-state index contributed by atoms with van der Waals surface area (Å²) in [5.41, 5.74) is 2.45. The van der Waals surface area contributed by atoms with E-state index in [0.29, 0.717) is 12.2 Å². The monoisotopic (exact) mass is 259 g/mol. The Morgan fingerprint density at radius 2 is 2.00 bits per heavy atom. The van der Waals surface area contributed by atoms with Crippen molar-refractivity contribution < 1.29 is 14.3 Å². The molecule has 1 heterocycles. The van der Waals surface area contributed by atoms with Crippen LogP contribution in [0.25, 0.3) is 11.1 Å². The second-order valence-corrected chi connectivity index (χ2v) is 4.09. The lowest BCUT2D eigenvalue weighted by molar-refractivity contribution is 0.0588. The molecule has 0 radical (unpaired) electrons. The molecule has 2 rings (SSSR count). The molecule has 0 fully saturated rings. The van der Waals surface area contributed by atoms with Gasteiger partial charge in [0.25, 0.3) is 0 Å². The fourth-order valence-electron chi connectivity index (χ4n) is 2.08. The molecular weight excluding hydrogens is 242 g/mol. The highest BCUT2D eigenvalue weighted by molar-refractivity contribution is 5.90. The van der Waals surface area contributed by atoms with E-state index in [1.54, 1.807) is 7.11 Å². The SMILES string of the molecule is CCn1cc(-c2ccccc2OC)cc1C(=O)OC. The van der Waals surface area contributed by atoms with Crippen LogP contribution in [0.15, 0.2) is 36.5 Å². The van der Waals surface area contributed by atoms with Crippen LogP contribution in [0, 0.1) is 0 Å². The number of rotatable bonds is 4. The third-order valence-electron chi connectivity index (χ3n) is 3.05. The van der Waals surface area contributed by atoms with Gasteiger partial charge in [0, 0.05) is 23.9 Å². The van der Waals surface area contributed by atoms with Crippen molar-refractivity contribution in [2.45, 2.75) is 13.5 Å². The molecule has 0 aliphatic carbocycles. The molecule has 0 saturated carbocycles. The Balaban J connectivity index is 2.51. The van der Waals surface area contributed by atoms with Gasteiger partial charge in [-0.15, -0.1) is 0 Å². The molecule has 0 aliphatic heterocycles. The van der Waals surface area contributed by atoms with Crippen LogP contribution in [-0.4, -0.2) is 24.8 Å². The second kappa shape index (κ2) is 5.61. The van der Waals surface area contributed by atoms with Crippen molar-refractivity contribution >= 4 is 5.97 Å². The summed E-state index contributed by atoms with van der Waals surface area (Å²) in [7, 11) is 3.02. The van der Waals surface area contributed by atoms with Crippen molar-refractivity contribution in [3.63, 3.8) is 0 Å². The maximum Gasteiger partial charge on any atom is 0.354 e. The standard InChI is InChI=1S/C15H17NO3/c1-4-16-10-11(9-13(16)15(17)19-3)12-7-5-6-8-14(12)18-2/h5-10H,4H2,1-3H3. The maximum atomic E-state index is 11.7. The number of benzene rings is 1. The third kappa shape index (κ3) is 2.47. The highest BCUT2D eigenvalue weighted by atomic mass is 16.5. The van der Waals surface area contributed by atoms with Gasteiger partial charge in [0.15, 0.2) is 0 Å². The number of aryl methyl sites for hydroxylation is 1. The van der Waals surface area contributed by atoms with Crippen LogP contribution < -0.4 is 4.74 Å². The first-order valence-corrected chi connectivity index (χ1v) is 6.13. The first kappa shape index (κ1) is 13.2. The Labute approximate surface area is 112 Å². The summed E-state index contributed by atoms with van der Waals surface area (Å²) < 4.78 is 12.0. The van der Waals surface area contributed by atoms with Crippen molar-refractivity contribution in [1.29, 1.82) is 0 Å². The molecule has 1 aromatic carbocycles. The van der Waals surface area contributed by atoms with E-state index in [0.717, 1.165) is 16.9 Å². The molecule has 0 saturated heterocycles. The summed E-state index contributed by atoms with van der Waals surface area (Å²) in [6.45, 7) is 2.69. The van der Waals surface area contributed by atoms with Gasteiger partial charge in [-0.05, 0) is 19.1 Å². The zero-order chi connectivity index (χ0) is 13.8. The third-order valence-corrected chi connectivity index (χ3v) is 3.05. The molecule has 2 aromatic rings. The second-order valence-electron chi connectivity index (χ2n) is 4.09. The molecule has 4 heteroatoms. The quantitative estimate of drug-likeness (QED) is 0.792. The zero-order valence-corrected chi connectivity index (χ0v) is 11.3. The summed E-state index contributed by atoms with van der Waals surface area (Å²) in [6.07, 6.45) is 1.93. The average molecular weight is 259 g/mol. The van der Waals surface area contributed by atoms with E-state index in [1.807, 2.05) is 48.0 Å². The number of hydrogen-bond donors (Lipinski definition) is 0. The van der Waals surface area contributed by atoms with Crippen molar-refractivity contribution in [2.75, 3.05) is 14.2 Å². The maximum absolute atomic E-state index is 11.7. The number of aromatic nitrogens is 1. The van der Waals surface area contributed by atoms with Gasteiger partial charge in [0.2, 0.25) is 0 Å². The van der Waals surface area contributed by atoms with E-state index in [1.165, 1.54) is 7.11 Å². The van der Waals surface area contributed by atoms with E-state index in [9.17, 15) is 4.79 Å². The number of carbonyl (C=O) groups is 1. The molecule has 19 heavy (non-hydrogen) atoms. The van der Waals surface area contributed by atoms with Crippen molar-refractivity contribution in [2.24, 2.45) is 0 Å². The van der Waals surface area contributed by atoms with Crippen molar-refractivity contribution in [3.8, 4) is 16.9 Å². The smallest absolute Gasteiger partial charge is 0.354 e. The molecule has 0 amide bonds. The zero-order valence-electron chi connectivity index (χ0n) is 11.3. The molecule has 4 nitrogen and oxygen atoms in total. The summed E-state index contributed by atoms with van der Waals surface area (Å²) in [4.78, 5) is 11.7. The number of nitrogens with zero attached hydrogens (tertiary/aromatic N) is 1. The van der Waals surface area contributed by atoms with Crippen molar-refractivity contribution in [3.05, 3.63) is 42.2 Å². The predicted molar refractivity (Wildman–Crippen MR) is 73.4 cm³/mol. The van der Waals surface area contributed by atoms with Crippen LogP contribution >= 0.6 is 0 Å². The lowest BCUT2D eigenvalue weighted by atomic mass is 10.1. The molecule has 1 aromatic heterocycles. The van der Waals surface area contributed by atoms with Crippen LogP contribution in [0.4, 0.5) is 0 Å². The van der Waals surface area contributed by atoms with Gasteiger partial charge >= 0.3 is 5.97 Å². The minimum Gasteiger partial charge on any atom is -0.496 e. The van der Waals surface area contributed by atoms with Crippen LogP contribution in [0.5, 0.6) is 5.75 Å². The van der Waals surface area contributed by atoms with Gasteiger partial charge in [0.05, 0.1) is 14.2 Å². The van der Waals surface area contributed by atoms with Crippen LogP contribution in [0.1, 0.15) is 17.4 Å². The molecule has 0 bridgehead atoms. The molecule has 0 N–H and O–H groups in total. The molecule has 0 atom stereocenters. The van der Waals surface area contributed by atoms with Gasteiger partial charge in [-0.3, -0.25) is 0 Å². The predicted octanol–water partition coefficient (Wildman–Crippen LogP) is 2.97. The van der Waals surface area contributed by atoms with E-state index in [2.05, 4.69) is 0 Å². The number of hydrogen-bond acceptors (Lipinski definition) is 3. The fraction of sp³-hybridized carbons (Fsp3) is 0.267. The van der Waals surface area contributed by atoms with Crippen LogP contribution in [-0.2, 0) is 11.3 Å². The average Bonchev–Trinajstić information content (AvgIpc) is 2.90. The minimum absolute atomic E-state index is 0.331. The Hall–Kier alpha value is -2.23. The van der Waals surface area contributed by atoms with Crippen LogP contribution in [0.3, 0.4) is 0 Å². The Kier molecular flexibility index (Phi) is 3.90. The Morgan fingerprint density at radius 3 is 2.63 bits per heavy atom. The highest BCUT2D eigenvalue weighted by Gasteiger charge is 2.15. The summed E-state index contributed by atoms with van der Waals surface area (Å²) in [5, 5.41) is 0. The largest absolute Gasteiger partial charge is 0.496 e. The summed E-state index contributed by atoms with van der Waals surface area (Å²) >= 11 is 0. The topological polar surface area (TPSA) is 40.5 Å². The number of ether oxygens (including phenoxy) is 2. The molecular formula is C15H17NO3. The molecule has 0 aliphatic rings. The van der Waals surface area contributed by atoms with E-state index in [4.69, 9.17) is 9.47 Å². The van der Waals surface area contributed by atoms with Gasteiger partial charge in [-0.2, -0.15) is 0 Å². The molecule has 0 unspecified atom stereocenters. The van der Waals surface area contributed by atoms with Gasteiger partial charge in [-0.25, -0.2) is 4.79 Å². The highest BCUT2D eigenvalue weighted by Crippen LogP contribution is 2.31. The number of carbonyl (C=O) groups excluding carboxylic acids is 1. The normalized spacial score (nSPS) is 10.3. The summed E-state index contributed by atoms with van der Waals surface area (Å²) in [5.74, 6) is 0.454. The fourth-order valence-corrected chi connectivity index (χ4v) is 2.08. The van der Waals surface area contributed by atoms with Crippen LogP contribution in [0.2, 0.25) is 0 Å². The molecule has 100 valence electrons. The van der Waals surface area contributed by atoms with E-state index in [-0.39, 0.29) is 5.97 Å². The number of esters is 1. The first-order valence-electron chi connectivity index (χ1n) is 6.13. The lowest BCUT2D eigenvalue weighted by Crippen LogP contribution is -2.08. The number of methoxy groups -OCH3 is 2. The first-order chi connectivity index (χ1) is 9.21. The van der Waals surface area contributed by atoms with Gasteiger partial charge in [0.1, 0.15) is 11.4 Å². The Morgan fingerprint density at radius 1 is 1.26 bits per heavy atom. The summed E-state index contributed by atoms with van der Waals surface area (Å²) in [6, 6.07) is 9.55. The number of para-hydroxylation sites is 1. The van der Waals surface area contributed by atoms with Gasteiger partial charge in [-0.1, -0.05) is 18.2 Å². The van der Waals surface area contributed by atoms with Gasteiger partial charge < -0.3 is 14.0 Å². The Bertz CT molecular complexity index is 587. The van der Waals surface area contributed by atoms with Crippen molar-refractivity contribution in [1.82, 2.24) is 4.57 Å².